The summed E-state index contributed by atoms with van der Waals surface area (Å²) in [5, 5.41) is 0.782. The maximum absolute atomic E-state index is 6.09. The fourth-order valence-electron chi connectivity index (χ4n) is 2.17. The predicted octanol–water partition coefficient (Wildman–Crippen LogP) is 3.28. The Morgan fingerprint density at radius 3 is 2.75 bits per heavy atom. The number of fused-ring (bicyclic) bond motifs is 1. The summed E-state index contributed by atoms with van der Waals surface area (Å²) in [5.41, 5.74) is 9.75. The first-order chi connectivity index (χ1) is 9.60. The van der Waals surface area contributed by atoms with Crippen LogP contribution in [0.15, 0.2) is 12.1 Å². The third-order valence-electron chi connectivity index (χ3n) is 3.26. The van der Waals surface area contributed by atoms with Gasteiger partial charge in [0, 0.05) is 10.9 Å². The van der Waals surface area contributed by atoms with Gasteiger partial charge in [-0.25, -0.2) is 4.98 Å². The van der Waals surface area contributed by atoms with E-state index >= 15 is 0 Å². The minimum absolute atomic E-state index is 0.587. The van der Waals surface area contributed by atoms with Crippen LogP contribution in [0.4, 0.5) is 5.00 Å². The molecule has 3 heterocycles. The van der Waals surface area contributed by atoms with Gasteiger partial charge < -0.3 is 15.5 Å². The highest BCUT2D eigenvalue weighted by Crippen LogP contribution is 2.37. The third kappa shape index (κ3) is 2.02. The lowest BCUT2D eigenvalue weighted by atomic mass is 10.1. The zero-order valence-corrected chi connectivity index (χ0v) is 12.5. The lowest BCUT2D eigenvalue weighted by molar-refractivity contribution is 0.328. The Bertz CT molecular complexity index is 775. The number of hydrogen-bond acceptors (Lipinski definition) is 5. The van der Waals surface area contributed by atoms with Gasteiger partial charge in [0.25, 0.3) is 0 Å². The average molecular weight is 288 g/mol. The Morgan fingerprint density at radius 2 is 2.10 bits per heavy atom. The molecule has 0 atom stereocenters. The van der Waals surface area contributed by atoms with Crippen molar-refractivity contribution < 1.29 is 4.74 Å². The Morgan fingerprint density at radius 1 is 1.30 bits per heavy atom. The summed E-state index contributed by atoms with van der Waals surface area (Å²) in [6.45, 7) is 6.64. The summed E-state index contributed by atoms with van der Waals surface area (Å²) < 4.78 is 5.39. The van der Waals surface area contributed by atoms with E-state index in [0.29, 0.717) is 18.1 Å². The molecule has 0 radical (unpaired) electrons. The predicted molar refractivity (Wildman–Crippen MR) is 82.3 cm³/mol. The van der Waals surface area contributed by atoms with Gasteiger partial charge in [0.2, 0.25) is 5.88 Å². The molecular formula is C14H16N4OS. The number of H-pyrrole nitrogens is 1. The number of nitrogens with one attached hydrogen (secondary N) is 1. The van der Waals surface area contributed by atoms with Gasteiger partial charge in [-0.05, 0) is 32.4 Å². The number of pyridine rings is 1. The summed E-state index contributed by atoms with van der Waals surface area (Å²) in [5.74, 6) is 1.35. The number of hydrogen-bond donors (Lipinski definition) is 2. The van der Waals surface area contributed by atoms with Crippen LogP contribution in [0.2, 0.25) is 0 Å². The molecule has 5 nitrogen and oxygen atoms in total. The van der Waals surface area contributed by atoms with Crippen LogP contribution in [0.25, 0.3) is 22.6 Å². The second-order valence-electron chi connectivity index (χ2n) is 4.56. The van der Waals surface area contributed by atoms with Crippen molar-refractivity contribution in [2.45, 2.75) is 20.8 Å². The fourth-order valence-corrected chi connectivity index (χ4v) is 3.11. The molecule has 6 heteroatoms. The monoisotopic (exact) mass is 288 g/mol. The number of aryl methyl sites for hydroxylation is 1. The van der Waals surface area contributed by atoms with Gasteiger partial charge in [0.05, 0.1) is 22.7 Å². The molecule has 104 valence electrons. The molecule has 0 aromatic carbocycles. The lowest BCUT2D eigenvalue weighted by Crippen LogP contribution is -1.93. The van der Waals surface area contributed by atoms with Crippen molar-refractivity contribution in [2.24, 2.45) is 0 Å². The summed E-state index contributed by atoms with van der Waals surface area (Å²) in [7, 11) is 0. The summed E-state index contributed by atoms with van der Waals surface area (Å²) in [6.07, 6.45) is 0. The molecule has 0 amide bonds. The number of nitrogens with zero attached hydrogens (tertiary/aromatic N) is 2. The maximum atomic E-state index is 6.09. The molecule has 3 N–H and O–H groups in total. The van der Waals surface area contributed by atoms with Gasteiger partial charge in [-0.1, -0.05) is 0 Å². The molecule has 0 aliphatic rings. The van der Waals surface area contributed by atoms with Crippen molar-refractivity contribution in [3.05, 3.63) is 22.6 Å². The smallest absolute Gasteiger partial charge is 0.215 e. The topological polar surface area (TPSA) is 76.8 Å². The van der Waals surface area contributed by atoms with E-state index in [1.165, 1.54) is 4.88 Å². The zero-order chi connectivity index (χ0) is 14.3. The van der Waals surface area contributed by atoms with Gasteiger partial charge in [-0.3, -0.25) is 0 Å². The van der Waals surface area contributed by atoms with Crippen LogP contribution in [0.1, 0.15) is 17.4 Å². The number of rotatable bonds is 3. The molecule has 0 saturated carbocycles. The van der Waals surface area contributed by atoms with Crippen LogP contribution in [0.5, 0.6) is 5.88 Å². The number of nitrogen functional groups attached to an aromatic ring is 1. The average Bonchev–Trinajstić information content (AvgIpc) is 2.91. The van der Waals surface area contributed by atoms with Gasteiger partial charge in [0.1, 0.15) is 5.82 Å². The van der Waals surface area contributed by atoms with Crippen LogP contribution in [0, 0.1) is 13.8 Å². The maximum Gasteiger partial charge on any atom is 0.215 e. The Labute approximate surface area is 120 Å². The number of anilines is 1. The highest BCUT2D eigenvalue weighted by atomic mass is 32.1. The van der Waals surface area contributed by atoms with E-state index in [0.717, 1.165) is 27.5 Å². The van der Waals surface area contributed by atoms with Crippen LogP contribution in [-0.2, 0) is 0 Å². The summed E-state index contributed by atoms with van der Waals surface area (Å²) >= 11 is 1.58. The Hall–Kier alpha value is -2.08. The highest BCUT2D eigenvalue weighted by molar-refractivity contribution is 7.16. The molecule has 20 heavy (non-hydrogen) atoms. The molecule has 0 fully saturated rings. The molecule has 3 aromatic rings. The summed E-state index contributed by atoms with van der Waals surface area (Å²) in [6, 6.07) is 3.76. The third-order valence-corrected chi connectivity index (χ3v) is 4.30. The molecule has 0 bridgehead atoms. The van der Waals surface area contributed by atoms with E-state index in [-0.39, 0.29) is 0 Å². The number of aromatic nitrogens is 3. The van der Waals surface area contributed by atoms with Crippen molar-refractivity contribution in [3.8, 4) is 17.3 Å². The first kappa shape index (κ1) is 12.9. The van der Waals surface area contributed by atoms with Crippen LogP contribution in [-0.4, -0.2) is 21.6 Å². The molecule has 3 aromatic heterocycles. The van der Waals surface area contributed by atoms with E-state index in [1.807, 2.05) is 19.1 Å². The molecule has 3 rings (SSSR count). The van der Waals surface area contributed by atoms with Gasteiger partial charge in [-0.15, -0.1) is 11.3 Å². The van der Waals surface area contributed by atoms with E-state index < -0.39 is 0 Å². The Kier molecular flexibility index (Phi) is 3.10. The van der Waals surface area contributed by atoms with E-state index in [2.05, 4.69) is 28.8 Å². The van der Waals surface area contributed by atoms with Crippen LogP contribution >= 0.6 is 11.3 Å². The number of imidazole rings is 1. The zero-order valence-electron chi connectivity index (χ0n) is 11.7. The SMILES string of the molecule is CCOc1ccc2[nH]c(-c3c(N)sc(C)c3C)nc2n1. The second kappa shape index (κ2) is 4.79. The van der Waals surface area contributed by atoms with Crippen molar-refractivity contribution in [2.75, 3.05) is 12.3 Å². The van der Waals surface area contributed by atoms with Crippen LogP contribution < -0.4 is 10.5 Å². The van der Waals surface area contributed by atoms with Crippen molar-refractivity contribution >= 4 is 27.5 Å². The van der Waals surface area contributed by atoms with E-state index in [4.69, 9.17) is 10.5 Å². The number of ether oxygens (including phenoxy) is 1. The molecule has 0 unspecified atom stereocenters. The van der Waals surface area contributed by atoms with Crippen molar-refractivity contribution in [1.82, 2.24) is 15.0 Å². The Balaban J connectivity index is 2.13. The van der Waals surface area contributed by atoms with E-state index in [9.17, 15) is 0 Å². The van der Waals surface area contributed by atoms with E-state index in [1.54, 1.807) is 11.3 Å². The van der Waals surface area contributed by atoms with Crippen molar-refractivity contribution in [1.29, 1.82) is 0 Å². The van der Waals surface area contributed by atoms with Gasteiger partial charge >= 0.3 is 0 Å². The van der Waals surface area contributed by atoms with Crippen LogP contribution in [0.3, 0.4) is 0 Å². The normalized spacial score (nSPS) is 11.2. The minimum Gasteiger partial charge on any atom is -0.478 e. The first-order valence-corrected chi connectivity index (χ1v) is 7.27. The second-order valence-corrected chi connectivity index (χ2v) is 5.82. The largest absolute Gasteiger partial charge is 0.478 e. The van der Waals surface area contributed by atoms with Crippen molar-refractivity contribution in [3.63, 3.8) is 0 Å². The van der Waals surface area contributed by atoms with Gasteiger partial charge in [-0.2, -0.15) is 4.98 Å². The molecular weight excluding hydrogens is 272 g/mol. The molecule has 0 saturated heterocycles. The molecule has 0 aliphatic heterocycles. The standard InChI is InChI=1S/C14H16N4OS/c1-4-19-10-6-5-9-13(17-10)18-14(16-9)11-7(2)8(3)20-12(11)15/h5-6H,4,15H2,1-3H3,(H,16,17,18). The van der Waals surface area contributed by atoms with Gasteiger partial charge in [0.15, 0.2) is 5.65 Å². The molecule has 0 aliphatic carbocycles. The minimum atomic E-state index is 0.587. The number of thiophene rings is 1. The summed E-state index contributed by atoms with van der Waals surface area (Å²) in [4.78, 5) is 13.4. The highest BCUT2D eigenvalue weighted by Gasteiger charge is 2.16. The quantitative estimate of drug-likeness (QED) is 0.775. The molecule has 0 spiro atoms. The number of nitrogens with two attached hydrogens (primary N) is 1. The lowest BCUT2D eigenvalue weighted by Gasteiger charge is -1.99. The first-order valence-electron chi connectivity index (χ1n) is 6.45. The fraction of sp³-hybridized carbons (Fsp3) is 0.286. The number of aromatic amines is 1.